The zero-order valence-corrected chi connectivity index (χ0v) is 10.4. The number of aromatic amines is 1. The van der Waals surface area contributed by atoms with E-state index < -0.39 is 5.82 Å². The Labute approximate surface area is 105 Å². The van der Waals surface area contributed by atoms with Crippen molar-refractivity contribution in [1.29, 1.82) is 0 Å². The fourth-order valence-electron chi connectivity index (χ4n) is 2.93. The lowest BCUT2D eigenvalue weighted by Gasteiger charge is -2.12. The molecule has 0 radical (unpaired) electrons. The van der Waals surface area contributed by atoms with E-state index in [-0.39, 0.29) is 10.8 Å². The first-order chi connectivity index (χ1) is 8.66. The fourth-order valence-corrected chi connectivity index (χ4v) is 2.93. The van der Waals surface area contributed by atoms with Gasteiger partial charge in [-0.15, -0.1) is 0 Å². The number of aryl methyl sites for hydroxylation is 1. The summed E-state index contributed by atoms with van der Waals surface area (Å²) in [6.07, 6.45) is 4.67. The molecular formula is C15H16FNO. The largest absolute Gasteiger partial charge is 0.358 e. The highest BCUT2D eigenvalue weighted by atomic mass is 19.1. The zero-order valence-electron chi connectivity index (χ0n) is 10.4. The number of fused-ring (bicyclic) bond motifs is 1. The van der Waals surface area contributed by atoms with Crippen LogP contribution >= 0.6 is 0 Å². The van der Waals surface area contributed by atoms with Gasteiger partial charge in [-0.3, -0.25) is 4.79 Å². The molecule has 0 saturated heterocycles. The molecule has 0 bridgehead atoms. The Bertz CT molecular complexity index is 653. The molecule has 0 atom stereocenters. The smallest absolute Gasteiger partial charge is 0.192 e. The van der Waals surface area contributed by atoms with Gasteiger partial charge in [0.1, 0.15) is 5.82 Å². The zero-order chi connectivity index (χ0) is 12.7. The van der Waals surface area contributed by atoms with Crippen LogP contribution in [-0.4, -0.2) is 4.98 Å². The second-order valence-electron chi connectivity index (χ2n) is 5.18. The highest BCUT2D eigenvalue weighted by Gasteiger charge is 2.19. The third-order valence-electron chi connectivity index (χ3n) is 3.96. The van der Waals surface area contributed by atoms with Crippen LogP contribution in [0.4, 0.5) is 4.39 Å². The van der Waals surface area contributed by atoms with Gasteiger partial charge in [-0.2, -0.15) is 0 Å². The average Bonchev–Trinajstić information content (AvgIpc) is 2.87. The van der Waals surface area contributed by atoms with E-state index >= 15 is 0 Å². The van der Waals surface area contributed by atoms with Gasteiger partial charge in [0.25, 0.3) is 0 Å². The molecule has 94 valence electrons. The van der Waals surface area contributed by atoms with Gasteiger partial charge < -0.3 is 4.98 Å². The number of aromatic nitrogens is 1. The van der Waals surface area contributed by atoms with Gasteiger partial charge in [0.05, 0.1) is 10.9 Å². The van der Waals surface area contributed by atoms with Crippen LogP contribution in [0.5, 0.6) is 0 Å². The first kappa shape index (κ1) is 11.5. The lowest BCUT2D eigenvalue weighted by Crippen LogP contribution is -2.09. The van der Waals surface area contributed by atoms with Gasteiger partial charge in [-0.05, 0) is 37.3 Å². The normalized spacial score (nSPS) is 16.6. The van der Waals surface area contributed by atoms with Crippen molar-refractivity contribution < 1.29 is 4.39 Å². The van der Waals surface area contributed by atoms with Crippen LogP contribution < -0.4 is 5.43 Å². The highest BCUT2D eigenvalue weighted by molar-refractivity contribution is 5.82. The number of nitrogens with one attached hydrogen (secondary N) is 1. The lowest BCUT2D eigenvalue weighted by molar-refractivity contribution is 0.637. The Morgan fingerprint density at radius 1 is 1.28 bits per heavy atom. The van der Waals surface area contributed by atoms with Crippen molar-refractivity contribution >= 4 is 10.9 Å². The van der Waals surface area contributed by atoms with Crippen LogP contribution in [0.2, 0.25) is 0 Å². The van der Waals surface area contributed by atoms with Crippen molar-refractivity contribution in [1.82, 2.24) is 4.98 Å². The predicted molar refractivity (Wildman–Crippen MR) is 70.5 cm³/mol. The second-order valence-corrected chi connectivity index (χ2v) is 5.18. The molecule has 0 unspecified atom stereocenters. The molecule has 0 aliphatic heterocycles. The number of benzene rings is 1. The standard InChI is InChI=1S/C15H16FNO/c1-9-6-7-11(16)14-13(18)8-12(17-15(9)14)10-4-2-3-5-10/h6-8,10H,2-5H2,1H3,(H,17,18). The van der Waals surface area contributed by atoms with Gasteiger partial charge in [0.2, 0.25) is 0 Å². The molecule has 1 aromatic carbocycles. The van der Waals surface area contributed by atoms with Crippen LogP contribution in [0.1, 0.15) is 42.9 Å². The SMILES string of the molecule is Cc1ccc(F)c2c(=O)cc(C3CCCC3)[nH]c12. The Morgan fingerprint density at radius 3 is 2.72 bits per heavy atom. The van der Waals surface area contributed by atoms with E-state index in [1.807, 2.05) is 6.92 Å². The number of halogens is 1. The molecule has 1 aliphatic carbocycles. The van der Waals surface area contributed by atoms with Crippen molar-refractivity contribution in [2.24, 2.45) is 0 Å². The van der Waals surface area contributed by atoms with E-state index in [2.05, 4.69) is 4.98 Å². The summed E-state index contributed by atoms with van der Waals surface area (Å²) in [6, 6.07) is 4.66. The Morgan fingerprint density at radius 2 is 2.00 bits per heavy atom. The number of hydrogen-bond donors (Lipinski definition) is 1. The van der Waals surface area contributed by atoms with Crippen molar-refractivity contribution in [3.63, 3.8) is 0 Å². The van der Waals surface area contributed by atoms with E-state index in [0.717, 1.165) is 24.1 Å². The topological polar surface area (TPSA) is 32.9 Å². The molecule has 1 N–H and O–H groups in total. The van der Waals surface area contributed by atoms with E-state index in [9.17, 15) is 9.18 Å². The molecule has 2 aromatic rings. The minimum Gasteiger partial charge on any atom is -0.358 e. The summed E-state index contributed by atoms with van der Waals surface area (Å²) in [5.74, 6) is -0.000380. The minimum absolute atomic E-state index is 0.191. The summed E-state index contributed by atoms with van der Waals surface area (Å²) >= 11 is 0. The minimum atomic E-state index is -0.435. The van der Waals surface area contributed by atoms with Crippen LogP contribution in [0.15, 0.2) is 23.0 Å². The van der Waals surface area contributed by atoms with Gasteiger partial charge in [0, 0.05) is 11.8 Å². The quantitative estimate of drug-likeness (QED) is 0.817. The third kappa shape index (κ3) is 1.74. The van der Waals surface area contributed by atoms with Crippen LogP contribution in [0.3, 0.4) is 0 Å². The number of H-pyrrole nitrogens is 1. The summed E-state index contributed by atoms with van der Waals surface area (Å²) in [6.45, 7) is 1.90. The van der Waals surface area contributed by atoms with Crippen LogP contribution in [0, 0.1) is 12.7 Å². The number of hydrogen-bond acceptors (Lipinski definition) is 1. The molecule has 18 heavy (non-hydrogen) atoms. The molecule has 2 nitrogen and oxygen atoms in total. The fraction of sp³-hybridized carbons (Fsp3) is 0.400. The molecule has 1 fully saturated rings. The molecular weight excluding hydrogens is 229 g/mol. The van der Waals surface area contributed by atoms with Crippen molar-refractivity contribution in [3.8, 4) is 0 Å². The van der Waals surface area contributed by atoms with Crippen LogP contribution in [-0.2, 0) is 0 Å². The molecule has 0 spiro atoms. The molecule has 1 aromatic heterocycles. The molecule has 3 rings (SSSR count). The maximum atomic E-state index is 13.7. The maximum Gasteiger partial charge on any atom is 0.192 e. The van der Waals surface area contributed by atoms with Gasteiger partial charge in [0.15, 0.2) is 5.43 Å². The molecule has 0 amide bonds. The summed E-state index contributed by atoms with van der Waals surface area (Å²) < 4.78 is 13.7. The lowest BCUT2D eigenvalue weighted by atomic mass is 10.0. The molecule has 1 aliphatic rings. The van der Waals surface area contributed by atoms with Crippen molar-refractivity contribution in [3.05, 3.63) is 45.5 Å². The maximum absolute atomic E-state index is 13.7. The van der Waals surface area contributed by atoms with Gasteiger partial charge >= 0.3 is 0 Å². The van der Waals surface area contributed by atoms with E-state index in [4.69, 9.17) is 0 Å². The van der Waals surface area contributed by atoms with E-state index in [0.29, 0.717) is 11.4 Å². The van der Waals surface area contributed by atoms with Crippen molar-refractivity contribution in [2.75, 3.05) is 0 Å². The van der Waals surface area contributed by atoms with Gasteiger partial charge in [-0.25, -0.2) is 4.39 Å². The van der Waals surface area contributed by atoms with E-state index in [1.165, 1.54) is 18.9 Å². The summed E-state index contributed by atoms with van der Waals surface area (Å²) in [4.78, 5) is 15.3. The first-order valence-electron chi connectivity index (χ1n) is 6.49. The van der Waals surface area contributed by atoms with Crippen LogP contribution in [0.25, 0.3) is 10.9 Å². The van der Waals surface area contributed by atoms with E-state index in [1.54, 1.807) is 12.1 Å². The second kappa shape index (κ2) is 4.23. The summed E-state index contributed by atoms with van der Waals surface area (Å²) in [5, 5.41) is 0.191. The molecule has 3 heteroatoms. The van der Waals surface area contributed by atoms with Gasteiger partial charge in [-0.1, -0.05) is 18.9 Å². The summed E-state index contributed by atoms with van der Waals surface area (Å²) in [5.41, 5.74) is 2.35. The third-order valence-corrected chi connectivity index (χ3v) is 3.96. The number of pyridine rings is 1. The summed E-state index contributed by atoms with van der Waals surface area (Å²) in [7, 11) is 0. The average molecular weight is 245 g/mol. The number of rotatable bonds is 1. The Hall–Kier alpha value is -1.64. The highest BCUT2D eigenvalue weighted by Crippen LogP contribution is 2.33. The van der Waals surface area contributed by atoms with Crippen molar-refractivity contribution in [2.45, 2.75) is 38.5 Å². The Balaban J connectivity index is 2.26. The monoisotopic (exact) mass is 245 g/mol. The Kier molecular flexibility index (Phi) is 2.69. The predicted octanol–water partition coefficient (Wildman–Crippen LogP) is 3.63. The molecule has 1 heterocycles. The first-order valence-corrected chi connectivity index (χ1v) is 6.49. The molecule has 1 saturated carbocycles.